The number of fused-ring (bicyclic) bond motifs is 1. The highest BCUT2D eigenvalue weighted by molar-refractivity contribution is 6.41. The van der Waals surface area contributed by atoms with Gasteiger partial charge in [-0.15, -0.1) is 0 Å². The van der Waals surface area contributed by atoms with Gasteiger partial charge in [0.1, 0.15) is 5.15 Å². The summed E-state index contributed by atoms with van der Waals surface area (Å²) in [6.07, 6.45) is 8.09. The Bertz CT molecular complexity index is 589. The number of hydrogen-bond donors (Lipinski definition) is 0. The standard InChI is InChI=1S/C16H17Cl2N/c17-14-10-13-8-7-12(9-15(13)19-16(14)18)6-5-11-3-1-2-4-11/h7-11H,1-6H2. The summed E-state index contributed by atoms with van der Waals surface area (Å²) in [7, 11) is 0. The number of aryl methyl sites for hydroxylation is 1. The van der Waals surface area contributed by atoms with Crippen molar-refractivity contribution in [2.45, 2.75) is 38.5 Å². The topological polar surface area (TPSA) is 12.9 Å². The van der Waals surface area contributed by atoms with Crippen molar-refractivity contribution >= 4 is 34.1 Å². The van der Waals surface area contributed by atoms with E-state index in [1.807, 2.05) is 6.07 Å². The molecule has 100 valence electrons. The highest BCUT2D eigenvalue weighted by Gasteiger charge is 2.14. The molecule has 0 atom stereocenters. The fourth-order valence-corrected chi connectivity index (χ4v) is 3.29. The van der Waals surface area contributed by atoms with Crippen LogP contribution in [-0.4, -0.2) is 4.98 Å². The molecule has 0 saturated heterocycles. The predicted molar refractivity (Wildman–Crippen MR) is 82.0 cm³/mol. The maximum atomic E-state index is 5.98. The Hall–Kier alpha value is -0.790. The van der Waals surface area contributed by atoms with E-state index in [1.165, 1.54) is 37.7 Å². The quantitative estimate of drug-likeness (QED) is 0.665. The first-order valence-electron chi connectivity index (χ1n) is 6.97. The normalized spacial score (nSPS) is 16.3. The summed E-state index contributed by atoms with van der Waals surface area (Å²) < 4.78 is 0. The summed E-state index contributed by atoms with van der Waals surface area (Å²) in [6.45, 7) is 0. The van der Waals surface area contributed by atoms with Crippen molar-refractivity contribution in [2.24, 2.45) is 5.92 Å². The number of aromatic nitrogens is 1. The van der Waals surface area contributed by atoms with Gasteiger partial charge in [-0.25, -0.2) is 4.98 Å². The van der Waals surface area contributed by atoms with Gasteiger partial charge in [-0.3, -0.25) is 0 Å². The Morgan fingerprint density at radius 1 is 1.11 bits per heavy atom. The largest absolute Gasteiger partial charge is 0.235 e. The third-order valence-corrected chi connectivity index (χ3v) is 4.78. The van der Waals surface area contributed by atoms with Crippen LogP contribution in [0.15, 0.2) is 24.3 Å². The molecule has 0 aliphatic heterocycles. The molecule has 0 radical (unpaired) electrons. The van der Waals surface area contributed by atoms with E-state index in [0.29, 0.717) is 10.2 Å². The molecule has 1 aromatic heterocycles. The van der Waals surface area contributed by atoms with Crippen LogP contribution in [0.2, 0.25) is 10.2 Å². The zero-order valence-electron chi connectivity index (χ0n) is 10.8. The minimum Gasteiger partial charge on any atom is -0.235 e. The zero-order chi connectivity index (χ0) is 13.2. The van der Waals surface area contributed by atoms with E-state index >= 15 is 0 Å². The molecule has 19 heavy (non-hydrogen) atoms. The van der Waals surface area contributed by atoms with E-state index < -0.39 is 0 Å². The molecule has 3 heteroatoms. The third-order valence-electron chi connectivity index (χ3n) is 4.11. The van der Waals surface area contributed by atoms with E-state index in [1.54, 1.807) is 0 Å². The van der Waals surface area contributed by atoms with Gasteiger partial charge in [-0.2, -0.15) is 0 Å². The Morgan fingerprint density at radius 2 is 1.89 bits per heavy atom. The molecule has 1 heterocycles. The Morgan fingerprint density at radius 3 is 2.68 bits per heavy atom. The number of nitrogens with zero attached hydrogens (tertiary/aromatic N) is 1. The Kier molecular flexibility index (Phi) is 3.95. The molecule has 1 saturated carbocycles. The highest BCUT2D eigenvalue weighted by atomic mass is 35.5. The van der Waals surface area contributed by atoms with Crippen LogP contribution in [0, 0.1) is 5.92 Å². The van der Waals surface area contributed by atoms with Gasteiger partial charge < -0.3 is 0 Å². The number of pyridine rings is 1. The summed E-state index contributed by atoms with van der Waals surface area (Å²) in [5.41, 5.74) is 2.30. The second kappa shape index (κ2) is 5.68. The van der Waals surface area contributed by atoms with Gasteiger partial charge >= 0.3 is 0 Å². The molecule has 1 aliphatic carbocycles. The molecule has 1 aromatic carbocycles. The average molecular weight is 294 g/mol. The fourth-order valence-electron chi connectivity index (χ4n) is 2.99. The molecular weight excluding hydrogens is 277 g/mol. The average Bonchev–Trinajstić information content (AvgIpc) is 2.91. The summed E-state index contributed by atoms with van der Waals surface area (Å²) in [4.78, 5) is 4.35. The van der Waals surface area contributed by atoms with Gasteiger partial charge in [0.2, 0.25) is 0 Å². The molecule has 0 bridgehead atoms. The lowest BCUT2D eigenvalue weighted by molar-refractivity contribution is 0.504. The van der Waals surface area contributed by atoms with Crippen LogP contribution in [0.25, 0.3) is 10.9 Å². The molecule has 2 aromatic rings. The summed E-state index contributed by atoms with van der Waals surface area (Å²) >= 11 is 12.0. The van der Waals surface area contributed by atoms with E-state index in [4.69, 9.17) is 23.2 Å². The summed E-state index contributed by atoms with van der Waals surface area (Å²) in [5.74, 6) is 0.928. The molecule has 0 N–H and O–H groups in total. The van der Waals surface area contributed by atoms with Crippen LogP contribution in [0.3, 0.4) is 0 Å². The van der Waals surface area contributed by atoms with Crippen LogP contribution in [0.4, 0.5) is 0 Å². The van der Waals surface area contributed by atoms with Crippen LogP contribution >= 0.6 is 23.2 Å². The Labute approximate surface area is 123 Å². The van der Waals surface area contributed by atoms with Gasteiger partial charge in [0, 0.05) is 5.39 Å². The summed E-state index contributed by atoms with van der Waals surface area (Å²) in [6, 6.07) is 8.30. The van der Waals surface area contributed by atoms with Crippen molar-refractivity contribution in [2.75, 3.05) is 0 Å². The first kappa shape index (κ1) is 13.2. The number of halogens is 2. The van der Waals surface area contributed by atoms with E-state index in [-0.39, 0.29) is 0 Å². The fraction of sp³-hybridized carbons (Fsp3) is 0.438. The van der Waals surface area contributed by atoms with Gasteiger partial charge in [0.05, 0.1) is 10.5 Å². The molecule has 0 unspecified atom stereocenters. The number of benzene rings is 1. The molecular formula is C16H17Cl2N. The molecule has 1 nitrogen and oxygen atoms in total. The van der Waals surface area contributed by atoms with Crippen LogP contribution in [0.1, 0.15) is 37.7 Å². The molecule has 3 rings (SSSR count). The smallest absolute Gasteiger partial charge is 0.148 e. The van der Waals surface area contributed by atoms with Crippen molar-refractivity contribution in [3.63, 3.8) is 0 Å². The Balaban J connectivity index is 1.78. The number of rotatable bonds is 3. The van der Waals surface area contributed by atoms with Crippen LogP contribution in [-0.2, 0) is 6.42 Å². The lowest BCUT2D eigenvalue weighted by atomic mass is 9.97. The first-order chi connectivity index (χ1) is 9.22. The minimum absolute atomic E-state index is 0.391. The highest BCUT2D eigenvalue weighted by Crippen LogP contribution is 2.30. The van der Waals surface area contributed by atoms with Gasteiger partial charge in [-0.1, -0.05) is 61.0 Å². The van der Waals surface area contributed by atoms with Gasteiger partial charge in [0.15, 0.2) is 0 Å². The van der Waals surface area contributed by atoms with Crippen molar-refractivity contribution in [3.8, 4) is 0 Å². The van der Waals surface area contributed by atoms with Crippen molar-refractivity contribution in [1.29, 1.82) is 0 Å². The van der Waals surface area contributed by atoms with Crippen molar-refractivity contribution in [1.82, 2.24) is 4.98 Å². The molecule has 0 amide bonds. The van der Waals surface area contributed by atoms with Crippen molar-refractivity contribution < 1.29 is 0 Å². The van der Waals surface area contributed by atoms with E-state index in [0.717, 1.165) is 23.2 Å². The molecule has 1 aliphatic rings. The molecule has 1 fully saturated rings. The SMILES string of the molecule is Clc1cc2ccc(CCC3CCCC3)cc2nc1Cl. The van der Waals surface area contributed by atoms with Gasteiger partial charge in [0.25, 0.3) is 0 Å². The van der Waals surface area contributed by atoms with Crippen LogP contribution < -0.4 is 0 Å². The monoisotopic (exact) mass is 293 g/mol. The number of hydrogen-bond acceptors (Lipinski definition) is 1. The summed E-state index contributed by atoms with van der Waals surface area (Å²) in [5, 5.41) is 1.97. The zero-order valence-corrected chi connectivity index (χ0v) is 12.3. The van der Waals surface area contributed by atoms with Crippen molar-refractivity contribution in [3.05, 3.63) is 40.0 Å². The molecule has 0 spiro atoms. The van der Waals surface area contributed by atoms with E-state index in [2.05, 4.69) is 23.2 Å². The lowest BCUT2D eigenvalue weighted by Crippen LogP contribution is -1.96. The lowest BCUT2D eigenvalue weighted by Gasteiger charge is -2.09. The third kappa shape index (κ3) is 3.04. The first-order valence-corrected chi connectivity index (χ1v) is 7.72. The maximum absolute atomic E-state index is 5.98. The van der Waals surface area contributed by atoms with E-state index in [9.17, 15) is 0 Å². The predicted octanol–water partition coefficient (Wildman–Crippen LogP) is 5.66. The second-order valence-corrected chi connectivity index (χ2v) is 6.24. The second-order valence-electron chi connectivity index (χ2n) is 5.48. The maximum Gasteiger partial charge on any atom is 0.148 e. The van der Waals surface area contributed by atoms with Gasteiger partial charge in [-0.05, 0) is 36.5 Å². The minimum atomic E-state index is 0.391. The van der Waals surface area contributed by atoms with Crippen LogP contribution in [0.5, 0.6) is 0 Å².